The van der Waals surface area contributed by atoms with Crippen molar-refractivity contribution in [2.24, 2.45) is 0 Å². The van der Waals surface area contributed by atoms with Gasteiger partial charge in [-0.2, -0.15) is 11.8 Å². The summed E-state index contributed by atoms with van der Waals surface area (Å²) in [5.74, 6) is 1.37. The lowest BCUT2D eigenvalue weighted by Crippen LogP contribution is -2.14. The number of aliphatic hydroxyl groups excluding tert-OH is 2. The van der Waals surface area contributed by atoms with E-state index in [9.17, 15) is 0 Å². The molecule has 0 aromatic carbocycles. The molecule has 3 nitrogen and oxygen atoms in total. The largest absolute Gasteiger partial charge is 0.394 e. The predicted octanol–water partition coefficient (Wildman–Crippen LogP) is 1.04. The minimum atomic E-state index is -0.607. The smallest absolute Gasteiger partial charge is 0.0897 e. The first kappa shape index (κ1) is 11.0. The Balaban J connectivity index is 2.20. The van der Waals surface area contributed by atoms with Crippen molar-refractivity contribution in [2.75, 3.05) is 12.4 Å². The second kappa shape index (κ2) is 5.59. The highest BCUT2D eigenvalue weighted by atomic mass is 32.2. The monoisotopic (exact) mass is 219 g/mol. The summed E-state index contributed by atoms with van der Waals surface area (Å²) in [4.78, 5) is 4.29. The van der Waals surface area contributed by atoms with Crippen LogP contribution in [0.4, 0.5) is 0 Å². The van der Waals surface area contributed by atoms with Gasteiger partial charge in [-0.05, 0) is 6.92 Å². The maximum absolute atomic E-state index is 9.05. The molecule has 0 saturated carbocycles. The second-order valence-electron chi connectivity index (χ2n) is 2.71. The molecule has 1 rings (SSSR count). The Morgan fingerprint density at radius 3 is 3.00 bits per heavy atom. The molecule has 0 bridgehead atoms. The standard InChI is InChI=1S/C8H13NO2S2/c1-6-9-7(4-13-6)3-12-5-8(11)2-10/h4,8,10-11H,2-3,5H2,1H3. The van der Waals surface area contributed by atoms with Crippen LogP contribution in [-0.2, 0) is 5.75 Å². The average Bonchev–Trinajstić information content (AvgIpc) is 2.51. The van der Waals surface area contributed by atoms with E-state index in [2.05, 4.69) is 4.98 Å². The number of rotatable bonds is 5. The molecule has 13 heavy (non-hydrogen) atoms. The van der Waals surface area contributed by atoms with Crippen LogP contribution < -0.4 is 0 Å². The first-order chi connectivity index (χ1) is 6.22. The lowest BCUT2D eigenvalue weighted by molar-refractivity contribution is 0.113. The highest BCUT2D eigenvalue weighted by molar-refractivity contribution is 7.98. The number of aromatic nitrogens is 1. The summed E-state index contributed by atoms with van der Waals surface area (Å²) in [5.41, 5.74) is 1.05. The Hall–Kier alpha value is -0.100. The van der Waals surface area contributed by atoms with Crippen molar-refractivity contribution >= 4 is 23.1 Å². The molecule has 1 aromatic heterocycles. The Morgan fingerprint density at radius 2 is 2.46 bits per heavy atom. The molecule has 1 heterocycles. The van der Waals surface area contributed by atoms with E-state index in [-0.39, 0.29) is 6.61 Å². The van der Waals surface area contributed by atoms with Gasteiger partial charge in [0.05, 0.1) is 23.4 Å². The van der Waals surface area contributed by atoms with Crippen LogP contribution in [0.15, 0.2) is 5.38 Å². The van der Waals surface area contributed by atoms with Gasteiger partial charge < -0.3 is 10.2 Å². The molecule has 0 aliphatic carbocycles. The van der Waals surface area contributed by atoms with Crippen molar-refractivity contribution < 1.29 is 10.2 Å². The van der Waals surface area contributed by atoms with Gasteiger partial charge in [-0.1, -0.05) is 0 Å². The maximum atomic E-state index is 9.05. The van der Waals surface area contributed by atoms with E-state index in [1.54, 1.807) is 23.1 Å². The molecular formula is C8H13NO2S2. The van der Waals surface area contributed by atoms with Crippen LogP contribution in [0.2, 0.25) is 0 Å². The summed E-state index contributed by atoms with van der Waals surface area (Å²) in [6, 6.07) is 0. The molecular weight excluding hydrogens is 206 g/mol. The number of thiazole rings is 1. The molecule has 0 fully saturated rings. The summed E-state index contributed by atoms with van der Waals surface area (Å²) in [7, 11) is 0. The van der Waals surface area contributed by atoms with E-state index in [4.69, 9.17) is 10.2 Å². The summed E-state index contributed by atoms with van der Waals surface area (Å²) in [6.07, 6.45) is -0.607. The quantitative estimate of drug-likeness (QED) is 0.777. The summed E-state index contributed by atoms with van der Waals surface area (Å²) < 4.78 is 0. The molecule has 2 N–H and O–H groups in total. The van der Waals surface area contributed by atoms with Gasteiger partial charge in [0.1, 0.15) is 0 Å². The van der Waals surface area contributed by atoms with Gasteiger partial charge in [0.25, 0.3) is 0 Å². The molecule has 0 radical (unpaired) electrons. The number of nitrogens with zero attached hydrogens (tertiary/aromatic N) is 1. The SMILES string of the molecule is Cc1nc(CSCC(O)CO)cs1. The zero-order valence-electron chi connectivity index (χ0n) is 7.43. The van der Waals surface area contributed by atoms with Gasteiger partial charge in [0, 0.05) is 16.9 Å². The molecule has 0 amide bonds. The molecule has 0 aliphatic heterocycles. The van der Waals surface area contributed by atoms with Crippen LogP contribution in [0.25, 0.3) is 0 Å². The van der Waals surface area contributed by atoms with Crippen molar-refractivity contribution in [3.8, 4) is 0 Å². The number of aliphatic hydroxyl groups is 2. The number of aryl methyl sites for hydroxylation is 1. The molecule has 0 aliphatic rings. The van der Waals surface area contributed by atoms with Gasteiger partial charge in [-0.25, -0.2) is 4.98 Å². The van der Waals surface area contributed by atoms with E-state index in [1.165, 1.54) is 0 Å². The fourth-order valence-electron chi connectivity index (χ4n) is 0.827. The van der Waals surface area contributed by atoms with Gasteiger partial charge >= 0.3 is 0 Å². The fraction of sp³-hybridized carbons (Fsp3) is 0.625. The minimum Gasteiger partial charge on any atom is -0.394 e. The number of thioether (sulfide) groups is 1. The van der Waals surface area contributed by atoms with Gasteiger partial charge in [-0.15, -0.1) is 11.3 Å². The molecule has 1 atom stereocenters. The molecule has 5 heteroatoms. The highest BCUT2D eigenvalue weighted by Crippen LogP contribution is 2.15. The maximum Gasteiger partial charge on any atom is 0.0897 e. The van der Waals surface area contributed by atoms with Crippen LogP contribution >= 0.6 is 23.1 Å². The van der Waals surface area contributed by atoms with E-state index in [0.717, 1.165) is 16.5 Å². The predicted molar refractivity (Wildman–Crippen MR) is 56.1 cm³/mol. The van der Waals surface area contributed by atoms with Crippen LogP contribution in [-0.4, -0.2) is 33.7 Å². The van der Waals surface area contributed by atoms with Gasteiger partial charge in [0.2, 0.25) is 0 Å². The van der Waals surface area contributed by atoms with Crippen LogP contribution in [0.3, 0.4) is 0 Å². The fourth-order valence-corrected chi connectivity index (χ4v) is 2.40. The van der Waals surface area contributed by atoms with Gasteiger partial charge in [-0.3, -0.25) is 0 Å². The Kier molecular flexibility index (Phi) is 4.72. The van der Waals surface area contributed by atoms with Crippen LogP contribution in [0.1, 0.15) is 10.7 Å². The lowest BCUT2D eigenvalue weighted by atomic mass is 10.4. The van der Waals surface area contributed by atoms with E-state index in [0.29, 0.717) is 5.75 Å². The van der Waals surface area contributed by atoms with E-state index in [1.807, 2.05) is 12.3 Å². The normalized spacial score (nSPS) is 13.2. The van der Waals surface area contributed by atoms with Gasteiger partial charge in [0.15, 0.2) is 0 Å². The summed E-state index contributed by atoms with van der Waals surface area (Å²) in [5, 5.41) is 20.7. The highest BCUT2D eigenvalue weighted by Gasteiger charge is 2.03. The molecule has 1 aromatic rings. The van der Waals surface area contributed by atoms with Crippen molar-refractivity contribution in [1.82, 2.24) is 4.98 Å². The zero-order valence-corrected chi connectivity index (χ0v) is 9.07. The van der Waals surface area contributed by atoms with Crippen LogP contribution in [0.5, 0.6) is 0 Å². The molecule has 0 saturated heterocycles. The third-order valence-corrected chi connectivity index (χ3v) is 3.38. The molecule has 0 spiro atoms. The molecule has 1 unspecified atom stereocenters. The van der Waals surface area contributed by atoms with Crippen molar-refractivity contribution in [2.45, 2.75) is 18.8 Å². The zero-order chi connectivity index (χ0) is 9.68. The third kappa shape index (κ3) is 4.08. The Bertz CT molecular complexity index is 252. The Morgan fingerprint density at radius 1 is 1.69 bits per heavy atom. The van der Waals surface area contributed by atoms with Crippen molar-refractivity contribution in [1.29, 1.82) is 0 Å². The average molecular weight is 219 g/mol. The lowest BCUT2D eigenvalue weighted by Gasteiger charge is -2.04. The first-order valence-electron chi connectivity index (χ1n) is 4.00. The summed E-state index contributed by atoms with van der Waals surface area (Å²) >= 11 is 3.22. The van der Waals surface area contributed by atoms with Crippen LogP contribution in [0, 0.1) is 6.92 Å². The summed E-state index contributed by atoms with van der Waals surface area (Å²) in [6.45, 7) is 1.81. The Labute approximate surface area is 85.8 Å². The minimum absolute atomic E-state index is 0.164. The molecule has 74 valence electrons. The number of hydrogen-bond acceptors (Lipinski definition) is 5. The van der Waals surface area contributed by atoms with Crippen molar-refractivity contribution in [3.63, 3.8) is 0 Å². The van der Waals surface area contributed by atoms with E-state index < -0.39 is 6.10 Å². The first-order valence-corrected chi connectivity index (χ1v) is 6.03. The topological polar surface area (TPSA) is 53.4 Å². The van der Waals surface area contributed by atoms with E-state index >= 15 is 0 Å². The number of hydrogen-bond donors (Lipinski definition) is 2. The third-order valence-electron chi connectivity index (χ3n) is 1.44. The van der Waals surface area contributed by atoms with Crippen molar-refractivity contribution in [3.05, 3.63) is 16.1 Å². The second-order valence-corrected chi connectivity index (χ2v) is 4.80.